The van der Waals surface area contributed by atoms with Crippen LogP contribution in [0.25, 0.3) is 11.0 Å². The molecule has 4 rings (SSSR count). The molecule has 23 heavy (non-hydrogen) atoms. The highest BCUT2D eigenvalue weighted by molar-refractivity contribution is 5.75. The van der Waals surface area contributed by atoms with Crippen molar-refractivity contribution in [2.75, 3.05) is 33.4 Å². The minimum atomic E-state index is 0.00335. The monoisotopic (exact) mass is 317 g/mol. The molecule has 0 aliphatic carbocycles. The number of hydrogen-bond donors (Lipinski definition) is 1. The topological polar surface area (TPSA) is 59.5 Å². The highest BCUT2D eigenvalue weighted by atomic mass is 16.5. The summed E-state index contributed by atoms with van der Waals surface area (Å²) in [6.07, 6.45) is 2.13. The number of benzene rings is 1. The number of H-pyrrole nitrogens is 1. The number of likely N-dealkylation sites (tertiary alicyclic amines) is 1. The van der Waals surface area contributed by atoms with Gasteiger partial charge in [-0.2, -0.15) is 0 Å². The molecule has 6 nitrogen and oxygen atoms in total. The number of rotatable bonds is 3. The van der Waals surface area contributed by atoms with Gasteiger partial charge in [-0.25, -0.2) is 4.79 Å². The Kier molecular flexibility index (Phi) is 3.97. The maximum absolute atomic E-state index is 12.3. The van der Waals surface area contributed by atoms with Gasteiger partial charge in [0.1, 0.15) is 0 Å². The summed E-state index contributed by atoms with van der Waals surface area (Å²) >= 11 is 0. The largest absolute Gasteiger partial charge is 0.377 e. The van der Waals surface area contributed by atoms with Gasteiger partial charge in [-0.1, -0.05) is 12.1 Å². The number of nitrogens with one attached hydrogen (secondary N) is 1. The number of aromatic nitrogens is 2. The quantitative estimate of drug-likeness (QED) is 0.929. The van der Waals surface area contributed by atoms with Crippen LogP contribution in [0.15, 0.2) is 29.1 Å². The molecular weight excluding hydrogens is 294 g/mol. The van der Waals surface area contributed by atoms with Crippen LogP contribution in [-0.4, -0.2) is 60.0 Å². The zero-order chi connectivity index (χ0) is 15.8. The van der Waals surface area contributed by atoms with E-state index in [4.69, 9.17) is 9.47 Å². The number of imidazole rings is 1. The number of hydrogen-bond acceptors (Lipinski definition) is 4. The highest BCUT2D eigenvalue weighted by Crippen LogP contribution is 2.28. The van der Waals surface area contributed by atoms with E-state index in [-0.39, 0.29) is 17.8 Å². The van der Waals surface area contributed by atoms with Crippen LogP contribution in [0.4, 0.5) is 0 Å². The molecule has 2 atom stereocenters. The zero-order valence-electron chi connectivity index (χ0n) is 13.4. The molecule has 1 aromatic heterocycles. The summed E-state index contributed by atoms with van der Waals surface area (Å²) in [7, 11) is 1.75. The summed E-state index contributed by atoms with van der Waals surface area (Å²) in [5.74, 6) is 0. The second kappa shape index (κ2) is 6.11. The lowest BCUT2D eigenvalue weighted by Crippen LogP contribution is -2.48. The van der Waals surface area contributed by atoms with E-state index in [1.165, 1.54) is 0 Å². The normalized spacial score (nSPS) is 27.0. The van der Waals surface area contributed by atoms with Gasteiger partial charge in [-0.05, 0) is 25.0 Å². The number of piperidine rings is 1. The second-order valence-corrected chi connectivity index (χ2v) is 6.46. The average molecular weight is 317 g/mol. The van der Waals surface area contributed by atoms with Crippen LogP contribution < -0.4 is 5.69 Å². The van der Waals surface area contributed by atoms with Crippen LogP contribution in [0.1, 0.15) is 18.9 Å². The summed E-state index contributed by atoms with van der Waals surface area (Å²) in [6, 6.07) is 8.53. The SMILES string of the molecule is CO[C@@H]1COCC1N1CCC(n2c(=O)[nH]c3ccccc32)CC1. The predicted molar refractivity (Wildman–Crippen MR) is 87.8 cm³/mol. The molecule has 3 heterocycles. The lowest BCUT2D eigenvalue weighted by molar-refractivity contribution is 0.0284. The van der Waals surface area contributed by atoms with Crippen molar-refractivity contribution < 1.29 is 9.47 Å². The molecular formula is C17H23N3O3. The maximum atomic E-state index is 12.3. The molecule has 1 aromatic carbocycles. The zero-order valence-corrected chi connectivity index (χ0v) is 13.4. The lowest BCUT2D eigenvalue weighted by atomic mass is 10.0. The van der Waals surface area contributed by atoms with E-state index < -0.39 is 0 Å². The molecule has 1 N–H and O–H groups in total. The van der Waals surface area contributed by atoms with Gasteiger partial charge in [-0.3, -0.25) is 9.47 Å². The predicted octanol–water partition coefficient (Wildman–Crippen LogP) is 1.38. The Bertz CT molecular complexity index is 730. The molecule has 0 saturated carbocycles. The first-order valence-electron chi connectivity index (χ1n) is 8.32. The van der Waals surface area contributed by atoms with Crippen molar-refractivity contribution in [1.29, 1.82) is 0 Å². The summed E-state index contributed by atoms with van der Waals surface area (Å²) in [5, 5.41) is 0. The van der Waals surface area contributed by atoms with E-state index in [9.17, 15) is 4.79 Å². The van der Waals surface area contributed by atoms with Gasteiger partial charge in [0.05, 0.1) is 36.4 Å². The van der Waals surface area contributed by atoms with Gasteiger partial charge in [0.15, 0.2) is 0 Å². The molecule has 0 radical (unpaired) electrons. The molecule has 2 aromatic rings. The van der Waals surface area contributed by atoms with E-state index in [1.807, 2.05) is 28.8 Å². The summed E-state index contributed by atoms with van der Waals surface area (Å²) in [6.45, 7) is 3.38. The highest BCUT2D eigenvalue weighted by Gasteiger charge is 2.35. The minimum Gasteiger partial charge on any atom is -0.377 e. The maximum Gasteiger partial charge on any atom is 0.326 e. The Morgan fingerprint density at radius 2 is 2.00 bits per heavy atom. The number of ether oxygens (including phenoxy) is 2. The minimum absolute atomic E-state index is 0.00335. The van der Waals surface area contributed by atoms with Crippen molar-refractivity contribution >= 4 is 11.0 Å². The van der Waals surface area contributed by atoms with Crippen molar-refractivity contribution in [1.82, 2.24) is 14.5 Å². The molecule has 0 amide bonds. The van der Waals surface area contributed by atoms with Crippen molar-refractivity contribution in [3.05, 3.63) is 34.7 Å². The summed E-state index contributed by atoms with van der Waals surface area (Å²) in [5.41, 5.74) is 1.93. The van der Waals surface area contributed by atoms with Gasteiger partial charge in [0.25, 0.3) is 0 Å². The van der Waals surface area contributed by atoms with Gasteiger partial charge in [-0.15, -0.1) is 0 Å². The lowest BCUT2D eigenvalue weighted by Gasteiger charge is -2.37. The van der Waals surface area contributed by atoms with E-state index >= 15 is 0 Å². The van der Waals surface area contributed by atoms with Crippen molar-refractivity contribution in [3.63, 3.8) is 0 Å². The van der Waals surface area contributed by atoms with Crippen molar-refractivity contribution in [2.24, 2.45) is 0 Å². The third-order valence-electron chi connectivity index (χ3n) is 5.26. The second-order valence-electron chi connectivity index (χ2n) is 6.46. The molecule has 6 heteroatoms. The fourth-order valence-electron chi connectivity index (χ4n) is 4.00. The summed E-state index contributed by atoms with van der Waals surface area (Å²) in [4.78, 5) is 17.7. The third-order valence-corrected chi connectivity index (χ3v) is 5.26. The van der Waals surface area contributed by atoms with Crippen molar-refractivity contribution in [3.8, 4) is 0 Å². The van der Waals surface area contributed by atoms with Gasteiger partial charge >= 0.3 is 5.69 Å². The summed E-state index contributed by atoms with van der Waals surface area (Å²) < 4.78 is 13.0. The molecule has 124 valence electrons. The molecule has 0 bridgehead atoms. The van der Waals surface area contributed by atoms with E-state index in [2.05, 4.69) is 9.88 Å². The Morgan fingerprint density at radius 1 is 1.22 bits per heavy atom. The first-order valence-corrected chi connectivity index (χ1v) is 8.32. The molecule has 0 spiro atoms. The van der Waals surface area contributed by atoms with Crippen LogP contribution in [-0.2, 0) is 9.47 Å². The van der Waals surface area contributed by atoms with Crippen molar-refractivity contribution in [2.45, 2.75) is 31.0 Å². The number of para-hydroxylation sites is 2. The number of fused-ring (bicyclic) bond motifs is 1. The smallest absolute Gasteiger partial charge is 0.326 e. The van der Waals surface area contributed by atoms with E-state index in [0.29, 0.717) is 12.6 Å². The fraction of sp³-hybridized carbons (Fsp3) is 0.588. The first-order chi connectivity index (χ1) is 11.3. The van der Waals surface area contributed by atoms with E-state index in [1.54, 1.807) is 7.11 Å². The Balaban J connectivity index is 1.51. The Hall–Kier alpha value is -1.63. The van der Waals surface area contributed by atoms with Crippen LogP contribution >= 0.6 is 0 Å². The van der Waals surface area contributed by atoms with Gasteiger partial charge in [0, 0.05) is 26.2 Å². The third kappa shape index (κ3) is 2.60. The van der Waals surface area contributed by atoms with Gasteiger partial charge < -0.3 is 14.5 Å². The van der Waals surface area contributed by atoms with E-state index in [0.717, 1.165) is 43.6 Å². The number of aromatic amines is 1. The number of nitrogens with zero attached hydrogens (tertiary/aromatic N) is 2. The Morgan fingerprint density at radius 3 is 2.78 bits per heavy atom. The number of methoxy groups -OCH3 is 1. The molecule has 1 unspecified atom stereocenters. The average Bonchev–Trinajstić information content (AvgIpc) is 3.18. The first kappa shape index (κ1) is 14.9. The molecule has 2 fully saturated rings. The van der Waals surface area contributed by atoms with Crippen LogP contribution in [0.2, 0.25) is 0 Å². The molecule has 2 aliphatic heterocycles. The fourth-order valence-corrected chi connectivity index (χ4v) is 4.00. The van der Waals surface area contributed by atoms with Gasteiger partial charge in [0.2, 0.25) is 0 Å². The standard InChI is InChI=1S/C17H23N3O3/c1-22-16-11-23-10-15(16)19-8-6-12(7-9-19)20-14-5-3-2-4-13(14)18-17(20)21/h2-5,12,15-16H,6-11H2,1H3,(H,18,21)/t15?,16-/m1/s1. The Labute approximate surface area is 135 Å². The van der Waals surface area contributed by atoms with Crippen LogP contribution in [0, 0.1) is 0 Å². The van der Waals surface area contributed by atoms with Crippen LogP contribution in [0.3, 0.4) is 0 Å². The van der Waals surface area contributed by atoms with Crippen LogP contribution in [0.5, 0.6) is 0 Å². The molecule has 2 aliphatic rings. The molecule has 2 saturated heterocycles.